The Hall–Kier alpha value is -3.43. The Labute approximate surface area is 213 Å². The first-order chi connectivity index (χ1) is 17.4. The SMILES string of the molecule is COC(=O)c1cc2nc(Nc3ccc(OC(F)(F)F)cc3)n(C[C@@H]3C[C@H](C)CC(C)(C)C3)c2cc1OC. The maximum atomic E-state index is 12.5. The lowest BCUT2D eigenvalue weighted by Crippen LogP contribution is -2.30. The number of alkyl halides is 3. The van der Waals surface area contributed by atoms with Gasteiger partial charge in [0.05, 0.1) is 25.3 Å². The second-order valence-corrected chi connectivity index (χ2v) is 10.6. The van der Waals surface area contributed by atoms with Crippen molar-refractivity contribution in [3.8, 4) is 11.5 Å². The van der Waals surface area contributed by atoms with Crippen molar-refractivity contribution in [3.05, 3.63) is 42.0 Å². The lowest BCUT2D eigenvalue weighted by Gasteiger charge is -2.39. The highest BCUT2D eigenvalue weighted by Crippen LogP contribution is 2.43. The molecule has 2 aromatic carbocycles. The number of hydrogen-bond donors (Lipinski definition) is 1. The topological polar surface area (TPSA) is 74.6 Å². The number of nitrogens with one attached hydrogen (secondary N) is 1. The van der Waals surface area contributed by atoms with Crippen molar-refractivity contribution < 1.29 is 32.2 Å². The molecule has 0 radical (unpaired) electrons. The van der Waals surface area contributed by atoms with Crippen LogP contribution in [0, 0.1) is 17.3 Å². The average Bonchev–Trinajstić information content (AvgIpc) is 3.12. The molecule has 37 heavy (non-hydrogen) atoms. The van der Waals surface area contributed by atoms with E-state index in [-0.39, 0.29) is 16.7 Å². The highest BCUT2D eigenvalue weighted by Gasteiger charge is 2.33. The van der Waals surface area contributed by atoms with E-state index in [9.17, 15) is 18.0 Å². The molecule has 10 heteroatoms. The van der Waals surface area contributed by atoms with E-state index < -0.39 is 12.3 Å². The summed E-state index contributed by atoms with van der Waals surface area (Å²) in [6, 6.07) is 8.89. The third-order valence-electron chi connectivity index (χ3n) is 6.74. The van der Waals surface area contributed by atoms with Gasteiger partial charge < -0.3 is 24.1 Å². The van der Waals surface area contributed by atoms with E-state index in [4.69, 9.17) is 14.5 Å². The van der Waals surface area contributed by atoms with E-state index >= 15 is 0 Å². The Kier molecular flexibility index (Phi) is 7.30. The van der Waals surface area contributed by atoms with Crippen molar-refractivity contribution in [2.24, 2.45) is 17.3 Å². The molecule has 0 saturated heterocycles. The molecule has 1 N–H and O–H groups in total. The van der Waals surface area contributed by atoms with Crippen molar-refractivity contribution in [1.29, 1.82) is 0 Å². The highest BCUT2D eigenvalue weighted by molar-refractivity contribution is 5.97. The van der Waals surface area contributed by atoms with Crippen molar-refractivity contribution in [2.75, 3.05) is 19.5 Å². The van der Waals surface area contributed by atoms with Crippen LogP contribution >= 0.6 is 0 Å². The van der Waals surface area contributed by atoms with Gasteiger partial charge in [0.2, 0.25) is 5.95 Å². The maximum Gasteiger partial charge on any atom is 0.573 e. The predicted octanol–water partition coefficient (Wildman–Crippen LogP) is 6.94. The van der Waals surface area contributed by atoms with Crippen LogP contribution in [0.5, 0.6) is 11.5 Å². The summed E-state index contributed by atoms with van der Waals surface area (Å²) < 4.78 is 54.1. The van der Waals surface area contributed by atoms with Crippen LogP contribution < -0.4 is 14.8 Å². The normalized spacial score (nSPS) is 19.5. The first-order valence-electron chi connectivity index (χ1n) is 12.2. The van der Waals surface area contributed by atoms with Crippen LogP contribution in [-0.4, -0.2) is 36.1 Å². The number of anilines is 2. The number of fused-ring (bicyclic) bond motifs is 1. The van der Waals surface area contributed by atoms with Gasteiger partial charge in [0, 0.05) is 18.3 Å². The number of imidazole rings is 1. The monoisotopic (exact) mass is 519 g/mol. The van der Waals surface area contributed by atoms with Crippen LogP contribution in [-0.2, 0) is 11.3 Å². The standard InChI is InChI=1S/C27H32F3N3O4/c1-16-10-17(14-26(2,3)13-16)15-33-22-12-23(35-4)20(24(34)36-5)11-21(22)32-25(33)31-18-6-8-19(9-7-18)37-27(28,29)30/h6-9,11-12,16-17H,10,13-15H2,1-5H3,(H,31,32)/t16-,17+/m0/s1. The minimum atomic E-state index is -4.76. The van der Waals surface area contributed by atoms with E-state index in [1.54, 1.807) is 12.1 Å². The number of aromatic nitrogens is 2. The molecule has 4 rings (SSSR count). The summed E-state index contributed by atoms with van der Waals surface area (Å²) in [4.78, 5) is 17.1. The molecule has 1 aliphatic carbocycles. The molecule has 0 aliphatic heterocycles. The van der Waals surface area contributed by atoms with Gasteiger partial charge in [-0.25, -0.2) is 9.78 Å². The van der Waals surface area contributed by atoms with Gasteiger partial charge in [-0.2, -0.15) is 0 Å². The fourth-order valence-electron chi connectivity index (χ4n) is 5.68. The van der Waals surface area contributed by atoms with Crippen molar-refractivity contribution in [2.45, 2.75) is 52.9 Å². The number of carbonyl (C=O) groups is 1. The Morgan fingerprint density at radius 1 is 1.16 bits per heavy atom. The van der Waals surface area contributed by atoms with E-state index in [0.29, 0.717) is 41.3 Å². The van der Waals surface area contributed by atoms with E-state index in [2.05, 4.69) is 35.4 Å². The van der Waals surface area contributed by atoms with Gasteiger partial charge in [-0.1, -0.05) is 20.8 Å². The number of carbonyl (C=O) groups excluding carboxylic acids is 1. The van der Waals surface area contributed by atoms with Gasteiger partial charge in [0.1, 0.15) is 17.1 Å². The summed E-state index contributed by atoms with van der Waals surface area (Å²) in [6.07, 6.45) is -1.47. The Morgan fingerprint density at radius 2 is 1.86 bits per heavy atom. The zero-order chi connectivity index (χ0) is 27.0. The van der Waals surface area contributed by atoms with Gasteiger partial charge >= 0.3 is 12.3 Å². The Bertz CT molecular complexity index is 1270. The maximum absolute atomic E-state index is 12.5. The zero-order valence-electron chi connectivity index (χ0n) is 21.6. The van der Waals surface area contributed by atoms with Gasteiger partial charge in [0.25, 0.3) is 0 Å². The molecular formula is C27H32F3N3O4. The fourth-order valence-corrected chi connectivity index (χ4v) is 5.68. The molecule has 7 nitrogen and oxygen atoms in total. The van der Waals surface area contributed by atoms with Crippen molar-refractivity contribution >= 4 is 28.6 Å². The summed E-state index contributed by atoms with van der Waals surface area (Å²) in [7, 11) is 2.79. The first-order valence-corrected chi connectivity index (χ1v) is 12.2. The summed E-state index contributed by atoms with van der Waals surface area (Å²) in [6.45, 7) is 7.53. The third-order valence-corrected chi connectivity index (χ3v) is 6.74. The van der Waals surface area contributed by atoms with Crippen molar-refractivity contribution in [1.82, 2.24) is 9.55 Å². The molecule has 2 atom stereocenters. The molecule has 1 aromatic heterocycles. The average molecular weight is 520 g/mol. The molecule has 1 fully saturated rings. The van der Waals surface area contributed by atoms with Gasteiger partial charge in [-0.05, 0) is 66.8 Å². The molecule has 1 aliphatic rings. The van der Waals surface area contributed by atoms with Gasteiger partial charge in [0.15, 0.2) is 0 Å². The van der Waals surface area contributed by atoms with Crippen LogP contribution in [0.3, 0.4) is 0 Å². The third kappa shape index (κ3) is 6.29. The molecule has 0 bridgehead atoms. The number of hydrogen-bond acceptors (Lipinski definition) is 6. The van der Waals surface area contributed by atoms with Crippen LogP contribution in [0.4, 0.5) is 24.8 Å². The molecule has 3 aromatic rings. The molecule has 1 saturated carbocycles. The van der Waals surface area contributed by atoms with E-state index in [1.807, 2.05) is 0 Å². The molecule has 1 heterocycles. The predicted molar refractivity (Wildman–Crippen MR) is 134 cm³/mol. The molecule has 0 unspecified atom stereocenters. The summed E-state index contributed by atoms with van der Waals surface area (Å²) >= 11 is 0. The number of esters is 1. The van der Waals surface area contributed by atoms with E-state index in [1.165, 1.54) is 44.9 Å². The van der Waals surface area contributed by atoms with Gasteiger partial charge in [-0.3, -0.25) is 0 Å². The zero-order valence-corrected chi connectivity index (χ0v) is 21.6. The molecule has 0 amide bonds. The van der Waals surface area contributed by atoms with Crippen LogP contribution in [0.1, 0.15) is 50.4 Å². The number of halogens is 3. The lowest BCUT2D eigenvalue weighted by molar-refractivity contribution is -0.274. The molecular weight excluding hydrogens is 487 g/mol. The summed E-state index contributed by atoms with van der Waals surface area (Å²) in [5.74, 6) is 1.02. The van der Waals surface area contributed by atoms with E-state index in [0.717, 1.165) is 18.4 Å². The highest BCUT2D eigenvalue weighted by atomic mass is 19.4. The lowest BCUT2D eigenvalue weighted by atomic mass is 9.68. The quantitative estimate of drug-likeness (QED) is 0.341. The number of nitrogens with zero attached hydrogens (tertiary/aromatic N) is 2. The largest absolute Gasteiger partial charge is 0.573 e. The number of benzene rings is 2. The van der Waals surface area contributed by atoms with Crippen LogP contribution in [0.15, 0.2) is 36.4 Å². The number of rotatable bonds is 7. The van der Waals surface area contributed by atoms with Crippen LogP contribution in [0.25, 0.3) is 11.0 Å². The smallest absolute Gasteiger partial charge is 0.496 e. The van der Waals surface area contributed by atoms with Gasteiger partial charge in [-0.15, -0.1) is 13.2 Å². The summed E-state index contributed by atoms with van der Waals surface area (Å²) in [5.41, 5.74) is 2.37. The summed E-state index contributed by atoms with van der Waals surface area (Å²) in [5, 5.41) is 3.23. The Morgan fingerprint density at radius 3 is 2.46 bits per heavy atom. The second-order valence-electron chi connectivity index (χ2n) is 10.6. The Balaban J connectivity index is 1.74. The minimum absolute atomic E-state index is 0.219. The van der Waals surface area contributed by atoms with Crippen LogP contribution in [0.2, 0.25) is 0 Å². The second kappa shape index (κ2) is 10.1. The minimum Gasteiger partial charge on any atom is -0.496 e. The molecule has 200 valence electrons. The number of methoxy groups -OCH3 is 2. The number of ether oxygens (including phenoxy) is 3. The fraction of sp³-hybridized carbons (Fsp3) is 0.481. The first kappa shape index (κ1) is 26.6. The molecule has 0 spiro atoms. The van der Waals surface area contributed by atoms with Crippen molar-refractivity contribution in [3.63, 3.8) is 0 Å².